The van der Waals surface area contributed by atoms with Gasteiger partial charge in [-0.2, -0.15) is 0 Å². The number of halogens is 1. The van der Waals surface area contributed by atoms with Crippen LogP contribution in [0.2, 0.25) is 0 Å². The highest BCUT2D eigenvalue weighted by molar-refractivity contribution is 14.1. The maximum absolute atomic E-state index is 4.72. The third kappa shape index (κ3) is 1.57. The predicted molar refractivity (Wildman–Crippen MR) is 76.7 cm³/mol. The van der Waals surface area contributed by atoms with E-state index in [1.807, 2.05) is 0 Å². The van der Waals surface area contributed by atoms with Crippen molar-refractivity contribution < 1.29 is 0 Å². The zero-order valence-corrected chi connectivity index (χ0v) is 11.0. The molecule has 0 saturated carbocycles. The Morgan fingerprint density at radius 2 is 1.88 bits per heavy atom. The van der Waals surface area contributed by atoms with Gasteiger partial charge in [-0.05, 0) is 59.3 Å². The van der Waals surface area contributed by atoms with Crippen LogP contribution in [0, 0.1) is 10.5 Å². The van der Waals surface area contributed by atoms with Crippen molar-refractivity contribution in [3.8, 4) is 0 Å². The van der Waals surface area contributed by atoms with Crippen molar-refractivity contribution >= 4 is 44.4 Å². The van der Waals surface area contributed by atoms with Crippen LogP contribution < -0.4 is 0 Å². The molecule has 1 nitrogen and oxygen atoms in total. The lowest BCUT2D eigenvalue weighted by Crippen LogP contribution is -1.85. The molecule has 1 heterocycles. The molecule has 1 aromatic heterocycles. The standard InChI is InChI=1S/C14H10IN/c1-9-3-2-4-10-7-11-8-12(15)5-6-13(11)16-14(9)10/h2-8H,1H3. The second-order valence-electron chi connectivity index (χ2n) is 3.97. The molecule has 0 radical (unpaired) electrons. The summed E-state index contributed by atoms with van der Waals surface area (Å²) in [6.07, 6.45) is 0. The number of aryl methyl sites for hydroxylation is 1. The van der Waals surface area contributed by atoms with E-state index in [0.29, 0.717) is 0 Å². The van der Waals surface area contributed by atoms with Gasteiger partial charge in [-0.3, -0.25) is 0 Å². The number of hydrogen-bond donors (Lipinski definition) is 0. The molecule has 2 aromatic carbocycles. The molecule has 0 saturated heterocycles. The SMILES string of the molecule is Cc1cccc2cc3cc(I)ccc3nc12. The Bertz CT molecular complexity index is 688. The average molecular weight is 319 g/mol. The fourth-order valence-corrected chi connectivity index (χ4v) is 2.50. The van der Waals surface area contributed by atoms with Gasteiger partial charge >= 0.3 is 0 Å². The summed E-state index contributed by atoms with van der Waals surface area (Å²) in [6, 6.07) is 14.9. The lowest BCUT2D eigenvalue weighted by Gasteiger charge is -2.04. The van der Waals surface area contributed by atoms with Crippen molar-refractivity contribution in [3.05, 3.63) is 51.6 Å². The van der Waals surface area contributed by atoms with Crippen LogP contribution in [-0.2, 0) is 0 Å². The molecule has 3 rings (SSSR count). The molecule has 2 heteroatoms. The minimum absolute atomic E-state index is 1.07. The quantitative estimate of drug-likeness (QED) is 0.445. The smallest absolute Gasteiger partial charge is 0.0738 e. The second kappa shape index (κ2) is 3.70. The van der Waals surface area contributed by atoms with Gasteiger partial charge in [0, 0.05) is 14.3 Å². The monoisotopic (exact) mass is 319 g/mol. The fourth-order valence-electron chi connectivity index (χ4n) is 1.98. The van der Waals surface area contributed by atoms with Crippen molar-refractivity contribution in [1.82, 2.24) is 4.98 Å². The van der Waals surface area contributed by atoms with Gasteiger partial charge in [0.25, 0.3) is 0 Å². The first-order valence-corrected chi connectivity index (χ1v) is 6.27. The Morgan fingerprint density at radius 3 is 2.75 bits per heavy atom. The summed E-state index contributed by atoms with van der Waals surface area (Å²) in [6.45, 7) is 2.11. The molecule has 0 aliphatic rings. The third-order valence-corrected chi connectivity index (χ3v) is 3.47. The van der Waals surface area contributed by atoms with Crippen LogP contribution in [0.3, 0.4) is 0 Å². The number of fused-ring (bicyclic) bond motifs is 2. The number of para-hydroxylation sites is 1. The number of rotatable bonds is 0. The Kier molecular flexibility index (Phi) is 2.32. The van der Waals surface area contributed by atoms with Crippen LogP contribution in [0.5, 0.6) is 0 Å². The maximum Gasteiger partial charge on any atom is 0.0738 e. The lowest BCUT2D eigenvalue weighted by atomic mass is 10.1. The highest BCUT2D eigenvalue weighted by Gasteiger charge is 2.01. The van der Waals surface area contributed by atoms with E-state index in [-0.39, 0.29) is 0 Å². The molecule has 0 spiro atoms. The van der Waals surface area contributed by atoms with Crippen molar-refractivity contribution in [1.29, 1.82) is 0 Å². The minimum Gasteiger partial charge on any atom is -0.248 e. The van der Waals surface area contributed by atoms with Crippen molar-refractivity contribution in [3.63, 3.8) is 0 Å². The Balaban J connectivity index is 2.49. The van der Waals surface area contributed by atoms with Gasteiger partial charge in [0.15, 0.2) is 0 Å². The van der Waals surface area contributed by atoms with Gasteiger partial charge in [-0.25, -0.2) is 4.98 Å². The molecule has 0 aliphatic carbocycles. The fraction of sp³-hybridized carbons (Fsp3) is 0.0714. The normalized spacial score (nSPS) is 11.1. The van der Waals surface area contributed by atoms with E-state index in [9.17, 15) is 0 Å². The summed E-state index contributed by atoms with van der Waals surface area (Å²) in [4.78, 5) is 4.72. The largest absolute Gasteiger partial charge is 0.248 e. The molecular formula is C14H10IN. The van der Waals surface area contributed by atoms with Crippen molar-refractivity contribution in [2.75, 3.05) is 0 Å². The number of pyridine rings is 1. The highest BCUT2D eigenvalue weighted by atomic mass is 127. The zero-order valence-electron chi connectivity index (χ0n) is 8.87. The molecule has 0 amide bonds. The summed E-state index contributed by atoms with van der Waals surface area (Å²) in [7, 11) is 0. The van der Waals surface area contributed by atoms with E-state index in [0.717, 1.165) is 11.0 Å². The molecule has 78 valence electrons. The van der Waals surface area contributed by atoms with Gasteiger partial charge in [-0.1, -0.05) is 18.2 Å². The van der Waals surface area contributed by atoms with E-state index < -0.39 is 0 Å². The Hall–Kier alpha value is -1.16. The van der Waals surface area contributed by atoms with Gasteiger partial charge in [0.2, 0.25) is 0 Å². The summed E-state index contributed by atoms with van der Waals surface area (Å²) >= 11 is 2.33. The predicted octanol–water partition coefficient (Wildman–Crippen LogP) is 4.30. The van der Waals surface area contributed by atoms with Crippen molar-refractivity contribution in [2.45, 2.75) is 6.92 Å². The van der Waals surface area contributed by atoms with Crippen LogP contribution >= 0.6 is 22.6 Å². The molecule has 0 fully saturated rings. The second-order valence-corrected chi connectivity index (χ2v) is 5.22. The summed E-state index contributed by atoms with van der Waals surface area (Å²) in [5.74, 6) is 0. The van der Waals surface area contributed by atoms with Crippen LogP contribution in [0.4, 0.5) is 0 Å². The maximum atomic E-state index is 4.72. The van der Waals surface area contributed by atoms with Gasteiger partial charge in [-0.15, -0.1) is 0 Å². The molecule has 3 aromatic rings. The summed E-state index contributed by atoms with van der Waals surface area (Å²) in [5, 5.41) is 2.43. The number of hydrogen-bond acceptors (Lipinski definition) is 1. The van der Waals surface area contributed by atoms with E-state index >= 15 is 0 Å². The first-order chi connectivity index (χ1) is 7.74. The highest BCUT2D eigenvalue weighted by Crippen LogP contribution is 2.23. The van der Waals surface area contributed by atoms with Gasteiger partial charge in [0.1, 0.15) is 0 Å². The molecule has 16 heavy (non-hydrogen) atoms. The molecule has 0 atom stereocenters. The Morgan fingerprint density at radius 1 is 1.00 bits per heavy atom. The van der Waals surface area contributed by atoms with E-state index in [2.05, 4.69) is 72.0 Å². The van der Waals surface area contributed by atoms with Crippen molar-refractivity contribution in [2.24, 2.45) is 0 Å². The average Bonchev–Trinajstić information content (AvgIpc) is 2.27. The Labute approximate surface area is 108 Å². The van der Waals surface area contributed by atoms with Crippen LogP contribution in [0.25, 0.3) is 21.8 Å². The molecule has 0 unspecified atom stereocenters. The molecule has 0 aliphatic heterocycles. The van der Waals surface area contributed by atoms with Crippen LogP contribution in [0.1, 0.15) is 5.56 Å². The number of benzene rings is 2. The molecule has 0 bridgehead atoms. The number of nitrogens with zero attached hydrogens (tertiary/aromatic N) is 1. The van der Waals surface area contributed by atoms with Crippen LogP contribution in [-0.4, -0.2) is 4.98 Å². The van der Waals surface area contributed by atoms with E-state index in [1.165, 1.54) is 19.9 Å². The van der Waals surface area contributed by atoms with Gasteiger partial charge < -0.3 is 0 Å². The topological polar surface area (TPSA) is 12.9 Å². The van der Waals surface area contributed by atoms with E-state index in [1.54, 1.807) is 0 Å². The minimum atomic E-state index is 1.07. The van der Waals surface area contributed by atoms with Gasteiger partial charge in [0.05, 0.1) is 11.0 Å². The molecular weight excluding hydrogens is 309 g/mol. The summed E-state index contributed by atoms with van der Waals surface area (Å²) < 4.78 is 1.25. The lowest BCUT2D eigenvalue weighted by molar-refractivity contribution is 1.42. The van der Waals surface area contributed by atoms with Crippen LogP contribution in [0.15, 0.2) is 42.5 Å². The molecule has 0 N–H and O–H groups in total. The zero-order chi connectivity index (χ0) is 11.1. The first-order valence-electron chi connectivity index (χ1n) is 5.20. The first kappa shape index (κ1) is 10.0. The van der Waals surface area contributed by atoms with E-state index in [4.69, 9.17) is 4.98 Å². The third-order valence-electron chi connectivity index (χ3n) is 2.80. The number of aromatic nitrogens is 1. The summed E-state index contributed by atoms with van der Waals surface area (Å²) in [5.41, 5.74) is 3.41.